The minimum atomic E-state index is -0.366. The first kappa shape index (κ1) is 14.7. The standard InChI is InChI=1S/C16H18N2O3/c1-10-12(16(19)21-3)5-4-6-14(10)18-15-9-11(20-2)7-8-13(15)17/h4-9,18H,17H2,1-3H3. The Bertz CT molecular complexity index is 669. The van der Waals surface area contributed by atoms with E-state index in [1.54, 1.807) is 37.4 Å². The summed E-state index contributed by atoms with van der Waals surface area (Å²) in [6, 6.07) is 10.7. The van der Waals surface area contributed by atoms with Crippen LogP contribution in [0.25, 0.3) is 0 Å². The van der Waals surface area contributed by atoms with E-state index in [0.717, 1.165) is 16.9 Å². The number of benzene rings is 2. The summed E-state index contributed by atoms with van der Waals surface area (Å²) in [7, 11) is 2.96. The molecule has 0 bridgehead atoms. The number of hydrogen-bond acceptors (Lipinski definition) is 5. The first-order valence-electron chi connectivity index (χ1n) is 6.45. The highest BCUT2D eigenvalue weighted by Gasteiger charge is 2.12. The zero-order valence-corrected chi connectivity index (χ0v) is 12.3. The smallest absolute Gasteiger partial charge is 0.338 e. The third-order valence-corrected chi connectivity index (χ3v) is 3.27. The maximum atomic E-state index is 11.7. The number of methoxy groups -OCH3 is 2. The summed E-state index contributed by atoms with van der Waals surface area (Å²) in [4.78, 5) is 11.7. The molecule has 0 aromatic heterocycles. The van der Waals surface area contributed by atoms with Gasteiger partial charge in [0.15, 0.2) is 0 Å². The van der Waals surface area contributed by atoms with Gasteiger partial charge in [-0.3, -0.25) is 0 Å². The van der Waals surface area contributed by atoms with E-state index in [1.165, 1.54) is 7.11 Å². The van der Waals surface area contributed by atoms with Crippen molar-refractivity contribution in [2.24, 2.45) is 0 Å². The molecule has 0 heterocycles. The summed E-state index contributed by atoms with van der Waals surface area (Å²) in [5.41, 5.74) is 9.38. The van der Waals surface area contributed by atoms with Crippen molar-refractivity contribution >= 4 is 23.0 Å². The number of carbonyl (C=O) groups is 1. The van der Waals surface area contributed by atoms with Crippen molar-refractivity contribution in [3.05, 3.63) is 47.5 Å². The maximum Gasteiger partial charge on any atom is 0.338 e. The number of esters is 1. The largest absolute Gasteiger partial charge is 0.497 e. The molecular formula is C16H18N2O3. The number of hydrogen-bond donors (Lipinski definition) is 2. The number of anilines is 3. The predicted octanol–water partition coefficient (Wildman–Crippen LogP) is 3.12. The van der Waals surface area contributed by atoms with Crippen LogP contribution in [0, 0.1) is 6.92 Å². The molecule has 2 rings (SSSR count). The zero-order valence-electron chi connectivity index (χ0n) is 12.3. The third kappa shape index (κ3) is 3.08. The number of nitrogens with two attached hydrogens (primary N) is 1. The van der Waals surface area contributed by atoms with Gasteiger partial charge in [0.1, 0.15) is 5.75 Å². The minimum Gasteiger partial charge on any atom is -0.497 e. The molecule has 0 spiro atoms. The molecular weight excluding hydrogens is 268 g/mol. The molecule has 0 atom stereocenters. The fourth-order valence-corrected chi connectivity index (χ4v) is 2.02. The molecule has 0 saturated carbocycles. The van der Waals surface area contributed by atoms with Gasteiger partial charge in [-0.15, -0.1) is 0 Å². The molecule has 5 heteroatoms. The molecule has 5 nitrogen and oxygen atoms in total. The quantitative estimate of drug-likeness (QED) is 0.667. The van der Waals surface area contributed by atoms with E-state index in [1.807, 2.05) is 13.0 Å². The summed E-state index contributed by atoms with van der Waals surface area (Å²) in [5, 5.41) is 3.22. The molecule has 2 aromatic carbocycles. The number of nitrogen functional groups attached to an aromatic ring is 1. The molecule has 110 valence electrons. The third-order valence-electron chi connectivity index (χ3n) is 3.27. The molecule has 0 amide bonds. The summed E-state index contributed by atoms with van der Waals surface area (Å²) >= 11 is 0. The number of rotatable bonds is 4. The molecule has 0 aliphatic rings. The minimum absolute atomic E-state index is 0.366. The van der Waals surface area contributed by atoms with Crippen molar-refractivity contribution in [3.8, 4) is 5.75 Å². The van der Waals surface area contributed by atoms with Crippen LogP contribution in [0.4, 0.5) is 17.1 Å². The average Bonchev–Trinajstić information content (AvgIpc) is 2.50. The van der Waals surface area contributed by atoms with Gasteiger partial charge < -0.3 is 20.5 Å². The van der Waals surface area contributed by atoms with Crippen LogP contribution in [-0.2, 0) is 4.74 Å². The normalized spacial score (nSPS) is 10.0. The molecule has 3 N–H and O–H groups in total. The lowest BCUT2D eigenvalue weighted by Crippen LogP contribution is -2.06. The number of ether oxygens (including phenoxy) is 2. The van der Waals surface area contributed by atoms with Crippen LogP contribution in [0.1, 0.15) is 15.9 Å². The van der Waals surface area contributed by atoms with Gasteiger partial charge in [0.05, 0.1) is 31.2 Å². The maximum absolute atomic E-state index is 11.7. The Kier molecular flexibility index (Phi) is 4.33. The van der Waals surface area contributed by atoms with Gasteiger partial charge in [-0.05, 0) is 36.8 Å². The molecule has 0 radical (unpaired) electrons. The molecule has 0 aliphatic carbocycles. The Morgan fingerprint density at radius 2 is 1.90 bits per heavy atom. The van der Waals surface area contributed by atoms with E-state index < -0.39 is 0 Å². The average molecular weight is 286 g/mol. The number of nitrogens with one attached hydrogen (secondary N) is 1. The van der Waals surface area contributed by atoms with E-state index in [9.17, 15) is 4.79 Å². The Morgan fingerprint density at radius 1 is 1.14 bits per heavy atom. The predicted molar refractivity (Wildman–Crippen MR) is 83.2 cm³/mol. The van der Waals surface area contributed by atoms with E-state index >= 15 is 0 Å². The lowest BCUT2D eigenvalue weighted by molar-refractivity contribution is 0.0600. The van der Waals surface area contributed by atoms with Gasteiger partial charge in [-0.25, -0.2) is 4.79 Å². The fraction of sp³-hybridized carbons (Fsp3) is 0.188. The Labute approximate surface area is 123 Å². The summed E-state index contributed by atoms with van der Waals surface area (Å²) in [6.07, 6.45) is 0. The van der Waals surface area contributed by atoms with Gasteiger partial charge in [-0.1, -0.05) is 6.07 Å². The van der Waals surface area contributed by atoms with Crippen LogP contribution < -0.4 is 15.8 Å². The van der Waals surface area contributed by atoms with E-state index in [-0.39, 0.29) is 5.97 Å². The van der Waals surface area contributed by atoms with Gasteiger partial charge in [0.2, 0.25) is 0 Å². The van der Waals surface area contributed by atoms with Crippen molar-refractivity contribution in [2.75, 3.05) is 25.3 Å². The van der Waals surface area contributed by atoms with Crippen LogP contribution in [-0.4, -0.2) is 20.2 Å². The highest BCUT2D eigenvalue weighted by atomic mass is 16.5. The lowest BCUT2D eigenvalue weighted by Gasteiger charge is -2.14. The zero-order chi connectivity index (χ0) is 15.4. The molecule has 0 unspecified atom stereocenters. The SMILES string of the molecule is COC(=O)c1cccc(Nc2cc(OC)ccc2N)c1C. The van der Waals surface area contributed by atoms with Crippen LogP contribution >= 0.6 is 0 Å². The Morgan fingerprint density at radius 3 is 2.57 bits per heavy atom. The van der Waals surface area contributed by atoms with Crippen molar-refractivity contribution in [3.63, 3.8) is 0 Å². The van der Waals surface area contributed by atoms with Gasteiger partial charge in [-0.2, -0.15) is 0 Å². The Hall–Kier alpha value is -2.69. The van der Waals surface area contributed by atoms with E-state index in [2.05, 4.69) is 5.32 Å². The molecule has 0 saturated heterocycles. The first-order valence-corrected chi connectivity index (χ1v) is 6.45. The lowest BCUT2D eigenvalue weighted by atomic mass is 10.1. The van der Waals surface area contributed by atoms with Crippen LogP contribution in [0.5, 0.6) is 5.75 Å². The molecule has 0 aliphatic heterocycles. The van der Waals surface area contributed by atoms with E-state index in [4.69, 9.17) is 15.2 Å². The van der Waals surface area contributed by atoms with Crippen molar-refractivity contribution < 1.29 is 14.3 Å². The van der Waals surface area contributed by atoms with Gasteiger partial charge in [0.25, 0.3) is 0 Å². The van der Waals surface area contributed by atoms with Crippen molar-refractivity contribution in [1.82, 2.24) is 0 Å². The molecule has 0 fully saturated rings. The van der Waals surface area contributed by atoms with E-state index in [0.29, 0.717) is 17.0 Å². The highest BCUT2D eigenvalue weighted by Crippen LogP contribution is 2.30. The van der Waals surface area contributed by atoms with Gasteiger partial charge >= 0.3 is 5.97 Å². The summed E-state index contributed by atoms with van der Waals surface area (Å²) < 4.78 is 9.96. The second kappa shape index (κ2) is 6.17. The molecule has 2 aromatic rings. The molecule has 21 heavy (non-hydrogen) atoms. The summed E-state index contributed by atoms with van der Waals surface area (Å²) in [5.74, 6) is 0.336. The topological polar surface area (TPSA) is 73.6 Å². The van der Waals surface area contributed by atoms with Crippen molar-refractivity contribution in [2.45, 2.75) is 6.92 Å². The second-order valence-corrected chi connectivity index (χ2v) is 4.55. The van der Waals surface area contributed by atoms with Crippen LogP contribution in [0.3, 0.4) is 0 Å². The van der Waals surface area contributed by atoms with Crippen LogP contribution in [0.2, 0.25) is 0 Å². The number of carbonyl (C=O) groups excluding carboxylic acids is 1. The second-order valence-electron chi connectivity index (χ2n) is 4.55. The fourth-order valence-electron chi connectivity index (χ4n) is 2.02. The van der Waals surface area contributed by atoms with Crippen molar-refractivity contribution in [1.29, 1.82) is 0 Å². The first-order chi connectivity index (χ1) is 10.1. The monoisotopic (exact) mass is 286 g/mol. The van der Waals surface area contributed by atoms with Gasteiger partial charge in [0, 0.05) is 11.8 Å². The Balaban J connectivity index is 2.38. The van der Waals surface area contributed by atoms with Crippen LogP contribution in [0.15, 0.2) is 36.4 Å². The highest BCUT2D eigenvalue weighted by molar-refractivity contribution is 5.93. The summed E-state index contributed by atoms with van der Waals surface area (Å²) in [6.45, 7) is 1.85.